The molecule has 0 aliphatic heterocycles. The van der Waals surface area contributed by atoms with Crippen molar-refractivity contribution in [3.8, 4) is 0 Å². The lowest BCUT2D eigenvalue weighted by Crippen LogP contribution is -2.14. The predicted octanol–water partition coefficient (Wildman–Crippen LogP) is 3.77. The highest BCUT2D eigenvalue weighted by molar-refractivity contribution is 6.80. The number of hydrogen-bond acceptors (Lipinski definition) is 1. The van der Waals surface area contributed by atoms with Gasteiger partial charge in [-0.05, 0) is 18.2 Å². The van der Waals surface area contributed by atoms with Crippen LogP contribution in [0.25, 0.3) is 6.08 Å². The second-order valence-corrected chi connectivity index (χ2v) is 9.17. The standard InChI is InChI=1S/C7H7N.C5H12Si/c1-2-7-5-3-4-6-8-7;1-5-6(2,3)4/h2-6H,1H2;5H,1H2,2-4H3. The predicted molar refractivity (Wildman–Crippen MR) is 67.9 cm³/mol. The summed E-state index contributed by atoms with van der Waals surface area (Å²) in [6, 6.07) is 5.73. The maximum Gasteiger partial charge on any atom is 0.0679 e. The molecule has 0 saturated heterocycles. The third-order valence-corrected chi connectivity index (χ3v) is 2.73. The molecule has 0 saturated carbocycles. The summed E-state index contributed by atoms with van der Waals surface area (Å²) in [5.41, 5.74) is 3.00. The van der Waals surface area contributed by atoms with Crippen LogP contribution in [-0.2, 0) is 0 Å². The smallest absolute Gasteiger partial charge is 0.0679 e. The second kappa shape index (κ2) is 6.32. The van der Waals surface area contributed by atoms with Gasteiger partial charge in [-0.3, -0.25) is 4.98 Å². The average Bonchev–Trinajstić information content (AvgIpc) is 2.19. The van der Waals surface area contributed by atoms with E-state index in [9.17, 15) is 0 Å². The fourth-order valence-corrected chi connectivity index (χ4v) is 0.497. The van der Waals surface area contributed by atoms with E-state index in [1.165, 1.54) is 0 Å². The monoisotopic (exact) mass is 205 g/mol. The molecule has 0 bridgehead atoms. The molecule has 14 heavy (non-hydrogen) atoms. The van der Waals surface area contributed by atoms with Gasteiger partial charge < -0.3 is 0 Å². The molecule has 1 rings (SSSR count). The van der Waals surface area contributed by atoms with Gasteiger partial charge in [0.05, 0.1) is 13.8 Å². The van der Waals surface area contributed by atoms with Gasteiger partial charge in [-0.2, -0.15) is 0 Å². The van der Waals surface area contributed by atoms with Crippen molar-refractivity contribution >= 4 is 14.1 Å². The molecule has 76 valence electrons. The molecule has 0 atom stereocenters. The summed E-state index contributed by atoms with van der Waals surface area (Å²) in [6.45, 7) is 14.1. The minimum Gasteiger partial charge on any atom is -0.257 e. The minimum atomic E-state index is -0.867. The Bertz CT molecular complexity index is 272. The summed E-state index contributed by atoms with van der Waals surface area (Å²) in [6.07, 6.45) is 3.47. The molecule has 0 amide bonds. The van der Waals surface area contributed by atoms with Crippen molar-refractivity contribution in [2.24, 2.45) is 0 Å². The van der Waals surface area contributed by atoms with Crippen molar-refractivity contribution in [2.45, 2.75) is 19.6 Å². The molecule has 1 aromatic heterocycles. The van der Waals surface area contributed by atoms with Crippen LogP contribution in [0.2, 0.25) is 19.6 Å². The number of nitrogens with zero attached hydrogens (tertiary/aromatic N) is 1. The first-order chi connectivity index (χ1) is 6.49. The van der Waals surface area contributed by atoms with E-state index in [4.69, 9.17) is 0 Å². The molecule has 0 unspecified atom stereocenters. The Morgan fingerprint density at radius 1 is 1.21 bits per heavy atom. The SMILES string of the molecule is C=C[Si](C)(C)C.C=Cc1ccccn1. The molecular weight excluding hydrogens is 186 g/mol. The molecule has 1 aromatic rings. The van der Waals surface area contributed by atoms with E-state index in [0.29, 0.717) is 0 Å². The maximum atomic E-state index is 3.98. The second-order valence-electron chi connectivity index (χ2n) is 4.03. The van der Waals surface area contributed by atoms with Gasteiger partial charge >= 0.3 is 0 Å². The molecule has 1 heterocycles. The Balaban J connectivity index is 0.000000255. The summed E-state index contributed by atoms with van der Waals surface area (Å²) in [7, 11) is -0.867. The summed E-state index contributed by atoms with van der Waals surface area (Å²) in [5, 5.41) is 0. The molecule has 0 aromatic carbocycles. The van der Waals surface area contributed by atoms with E-state index < -0.39 is 8.07 Å². The lowest BCUT2D eigenvalue weighted by molar-refractivity contribution is 1.30. The first-order valence-electron chi connectivity index (χ1n) is 4.66. The van der Waals surface area contributed by atoms with Crippen LogP contribution in [0, 0.1) is 0 Å². The van der Waals surface area contributed by atoms with E-state index in [1.807, 2.05) is 18.2 Å². The molecule has 2 heteroatoms. The summed E-state index contributed by atoms with van der Waals surface area (Å²) in [5.74, 6) is 0. The van der Waals surface area contributed by atoms with Crippen molar-refractivity contribution < 1.29 is 0 Å². The Morgan fingerprint density at radius 2 is 1.79 bits per heavy atom. The number of aromatic nitrogens is 1. The summed E-state index contributed by atoms with van der Waals surface area (Å²) >= 11 is 0. The van der Waals surface area contributed by atoms with Gasteiger partial charge in [0.15, 0.2) is 0 Å². The highest BCUT2D eigenvalue weighted by Gasteiger charge is 2.03. The zero-order valence-corrected chi connectivity index (χ0v) is 10.3. The molecule has 0 spiro atoms. The molecule has 0 fully saturated rings. The molecule has 1 nitrogen and oxygen atoms in total. The van der Waals surface area contributed by atoms with Gasteiger partial charge in [0.1, 0.15) is 0 Å². The van der Waals surface area contributed by atoms with Crippen LogP contribution in [0.3, 0.4) is 0 Å². The van der Waals surface area contributed by atoms with Crippen LogP contribution >= 0.6 is 0 Å². The topological polar surface area (TPSA) is 12.9 Å². The Labute approximate surface area is 88.2 Å². The quantitative estimate of drug-likeness (QED) is 0.670. The van der Waals surface area contributed by atoms with Crippen LogP contribution in [0.1, 0.15) is 5.69 Å². The van der Waals surface area contributed by atoms with Crippen molar-refractivity contribution in [3.63, 3.8) is 0 Å². The lowest BCUT2D eigenvalue weighted by atomic mass is 10.4. The lowest BCUT2D eigenvalue weighted by Gasteiger charge is -2.04. The van der Waals surface area contributed by atoms with Crippen molar-refractivity contribution in [2.75, 3.05) is 0 Å². The number of rotatable bonds is 2. The van der Waals surface area contributed by atoms with Crippen molar-refractivity contribution in [3.05, 3.63) is 48.9 Å². The fraction of sp³-hybridized carbons (Fsp3) is 0.250. The minimum absolute atomic E-state index is 0.867. The van der Waals surface area contributed by atoms with E-state index in [0.717, 1.165) is 5.69 Å². The Kier molecular flexibility index (Phi) is 5.80. The zero-order valence-electron chi connectivity index (χ0n) is 9.33. The van der Waals surface area contributed by atoms with Gasteiger partial charge in [0.25, 0.3) is 0 Å². The van der Waals surface area contributed by atoms with Gasteiger partial charge in [-0.15, -0.1) is 12.3 Å². The highest BCUT2D eigenvalue weighted by atomic mass is 28.3. The molecular formula is C12H19NSi. The van der Waals surface area contributed by atoms with Crippen molar-refractivity contribution in [1.29, 1.82) is 0 Å². The first-order valence-corrected chi connectivity index (χ1v) is 8.24. The van der Waals surface area contributed by atoms with Crippen LogP contribution in [0.4, 0.5) is 0 Å². The molecule has 0 aliphatic carbocycles. The number of pyridine rings is 1. The maximum absolute atomic E-state index is 3.98. The van der Waals surface area contributed by atoms with E-state index in [-0.39, 0.29) is 0 Å². The summed E-state index contributed by atoms with van der Waals surface area (Å²) < 4.78 is 0. The molecule has 0 N–H and O–H groups in total. The summed E-state index contributed by atoms with van der Waals surface area (Å²) in [4.78, 5) is 3.98. The average molecular weight is 205 g/mol. The van der Waals surface area contributed by atoms with Crippen LogP contribution in [-0.4, -0.2) is 13.1 Å². The van der Waals surface area contributed by atoms with Gasteiger partial charge in [0.2, 0.25) is 0 Å². The third-order valence-electron chi connectivity index (χ3n) is 1.51. The van der Waals surface area contributed by atoms with E-state index in [2.05, 4.69) is 43.5 Å². The highest BCUT2D eigenvalue weighted by Crippen LogP contribution is 1.98. The largest absolute Gasteiger partial charge is 0.257 e. The van der Waals surface area contributed by atoms with Crippen LogP contribution < -0.4 is 0 Å². The zero-order chi connectivity index (χ0) is 11.0. The van der Waals surface area contributed by atoms with Gasteiger partial charge in [-0.1, -0.05) is 32.3 Å². The Morgan fingerprint density at radius 3 is 2.00 bits per heavy atom. The van der Waals surface area contributed by atoms with Crippen LogP contribution in [0.15, 0.2) is 43.3 Å². The van der Waals surface area contributed by atoms with Gasteiger partial charge in [0, 0.05) is 6.20 Å². The third kappa shape index (κ3) is 7.49. The van der Waals surface area contributed by atoms with Gasteiger partial charge in [-0.25, -0.2) is 0 Å². The van der Waals surface area contributed by atoms with E-state index >= 15 is 0 Å². The van der Waals surface area contributed by atoms with E-state index in [1.54, 1.807) is 12.3 Å². The number of hydrogen-bond donors (Lipinski definition) is 0. The Hall–Kier alpha value is -1.15. The van der Waals surface area contributed by atoms with Crippen molar-refractivity contribution in [1.82, 2.24) is 4.98 Å². The molecule has 0 radical (unpaired) electrons. The molecule has 0 aliphatic rings. The first kappa shape index (κ1) is 12.8. The van der Waals surface area contributed by atoms with Crippen LogP contribution in [0.5, 0.6) is 0 Å². The normalized spacial score (nSPS) is 9.64. The fourth-order valence-electron chi connectivity index (χ4n) is 0.497.